The summed E-state index contributed by atoms with van der Waals surface area (Å²) < 4.78 is 4.97. The van der Waals surface area contributed by atoms with Crippen molar-refractivity contribution in [3.05, 3.63) is 303 Å². The maximum Gasteiger partial charge on any atom is 0.160 e. The van der Waals surface area contributed by atoms with Gasteiger partial charge in [0, 0.05) is 49.4 Å². The molecule has 4 nitrogen and oxygen atoms in total. The van der Waals surface area contributed by atoms with E-state index < -0.39 is 0 Å². The van der Waals surface area contributed by atoms with Crippen LogP contribution in [0.2, 0.25) is 0 Å². The lowest BCUT2D eigenvalue weighted by Crippen LogP contribution is -2.02. The van der Waals surface area contributed by atoms with E-state index in [1.165, 1.54) is 66.1 Å². The number of fused-ring (bicyclic) bond motifs is 6. The number of nitrogens with zero attached hydrogens (tertiary/aromatic N) is 4. The average Bonchev–Trinajstić information content (AvgIpc) is 4.28. The Balaban J connectivity index is 1.01. The van der Waals surface area contributed by atoms with E-state index in [1.54, 1.807) is 0 Å². The summed E-state index contributed by atoms with van der Waals surface area (Å²) in [7, 11) is 0. The van der Waals surface area contributed by atoms with Crippen molar-refractivity contribution in [1.29, 1.82) is 0 Å². The summed E-state index contributed by atoms with van der Waals surface area (Å²) in [5, 5.41) is 4.74. The number of hydrogen-bond donors (Lipinski definition) is 0. The average molecular weight is 1020 g/mol. The van der Waals surface area contributed by atoms with Crippen LogP contribution in [0.15, 0.2) is 303 Å². The molecule has 0 N–H and O–H groups in total. The maximum absolute atomic E-state index is 5.40. The molecule has 4 heteroatoms. The predicted molar refractivity (Wildman–Crippen MR) is 334 cm³/mol. The molecule has 0 fully saturated rings. The van der Waals surface area contributed by atoms with Gasteiger partial charge in [-0.3, -0.25) is 0 Å². The van der Waals surface area contributed by atoms with Gasteiger partial charge in [-0.15, -0.1) is 0 Å². The molecule has 0 saturated heterocycles. The Bertz CT molecular complexity index is 4530. The summed E-state index contributed by atoms with van der Waals surface area (Å²) in [5.74, 6) is 0.675. The van der Waals surface area contributed by atoms with E-state index in [1.807, 2.05) is 24.3 Å². The molecule has 3 heterocycles. The van der Waals surface area contributed by atoms with Crippen molar-refractivity contribution in [2.24, 2.45) is 0 Å². The third-order valence-electron chi connectivity index (χ3n) is 15.8. The van der Waals surface area contributed by atoms with E-state index in [0.717, 1.165) is 72.6 Å². The molecule has 12 aromatic carbocycles. The van der Waals surface area contributed by atoms with E-state index in [0.29, 0.717) is 5.82 Å². The molecule has 3 aromatic heterocycles. The van der Waals surface area contributed by atoms with Crippen LogP contribution < -0.4 is 0 Å². The van der Waals surface area contributed by atoms with E-state index >= 15 is 0 Å². The van der Waals surface area contributed by atoms with E-state index in [2.05, 4.69) is 288 Å². The third kappa shape index (κ3) is 8.26. The number of benzene rings is 12. The Morgan fingerprint density at radius 3 is 0.925 bits per heavy atom. The highest BCUT2D eigenvalue weighted by atomic mass is 15.0. The number of aromatic nitrogens is 4. The number of hydrogen-bond acceptors (Lipinski definition) is 2. The quantitative estimate of drug-likeness (QED) is 0.137. The van der Waals surface area contributed by atoms with Crippen LogP contribution in [0.1, 0.15) is 0 Å². The molecule has 15 aromatic rings. The minimum Gasteiger partial charge on any atom is -0.309 e. The molecule has 0 aliphatic rings. The van der Waals surface area contributed by atoms with Crippen LogP contribution >= 0.6 is 0 Å². The summed E-state index contributed by atoms with van der Waals surface area (Å²) in [6, 6.07) is 109. The highest BCUT2D eigenvalue weighted by molar-refractivity contribution is 6.14. The van der Waals surface area contributed by atoms with Crippen molar-refractivity contribution >= 4 is 43.6 Å². The molecular formula is C76H50N4. The first kappa shape index (κ1) is 46.6. The lowest BCUT2D eigenvalue weighted by atomic mass is 9.97. The van der Waals surface area contributed by atoms with E-state index in [-0.39, 0.29) is 0 Å². The van der Waals surface area contributed by atoms with E-state index in [4.69, 9.17) is 9.97 Å². The first-order chi connectivity index (χ1) is 39.7. The van der Waals surface area contributed by atoms with Crippen LogP contribution in [-0.2, 0) is 0 Å². The zero-order valence-electron chi connectivity index (χ0n) is 43.7. The topological polar surface area (TPSA) is 35.6 Å². The summed E-state index contributed by atoms with van der Waals surface area (Å²) in [6.45, 7) is 0. The second-order valence-corrected chi connectivity index (χ2v) is 20.5. The largest absolute Gasteiger partial charge is 0.309 e. The van der Waals surface area contributed by atoms with Crippen LogP contribution in [0.25, 0.3) is 145 Å². The first-order valence-corrected chi connectivity index (χ1v) is 27.3. The van der Waals surface area contributed by atoms with Crippen LogP contribution in [0.5, 0.6) is 0 Å². The summed E-state index contributed by atoms with van der Waals surface area (Å²) in [5.41, 5.74) is 22.9. The van der Waals surface area contributed by atoms with Crippen molar-refractivity contribution in [3.8, 4) is 101 Å². The monoisotopic (exact) mass is 1020 g/mol. The Hall–Kier alpha value is -10.7. The summed E-state index contributed by atoms with van der Waals surface area (Å²) in [6.07, 6.45) is 0. The summed E-state index contributed by atoms with van der Waals surface area (Å²) >= 11 is 0. The second kappa shape index (κ2) is 19.7. The van der Waals surface area contributed by atoms with Gasteiger partial charge in [-0.05, 0) is 111 Å². The highest BCUT2D eigenvalue weighted by Gasteiger charge is 2.23. The third-order valence-corrected chi connectivity index (χ3v) is 15.8. The van der Waals surface area contributed by atoms with Gasteiger partial charge in [-0.2, -0.15) is 0 Å². The number of para-hydroxylation sites is 1. The second-order valence-electron chi connectivity index (χ2n) is 20.5. The predicted octanol–water partition coefficient (Wildman–Crippen LogP) is 20.0. The number of rotatable bonds is 10. The maximum atomic E-state index is 5.40. The molecule has 80 heavy (non-hydrogen) atoms. The molecule has 0 unspecified atom stereocenters. The molecule has 0 aliphatic heterocycles. The SMILES string of the molecule is c1ccc(-c2ccc3c(c2)c2cc(-c4ccccc4)ccc2n3-c2ccccc2-c2ccc(-c3cc(-c4ccccc4)nc(-c4ccccc4)n3)cc2-n2c3ccc(-c4ccccc4)cc3c3cc(-c4ccccc4)ccc32)cc1. The molecule has 374 valence electrons. The summed E-state index contributed by atoms with van der Waals surface area (Å²) in [4.78, 5) is 10.6. The molecule has 0 aliphatic carbocycles. The van der Waals surface area contributed by atoms with Gasteiger partial charge in [0.25, 0.3) is 0 Å². The Morgan fingerprint density at radius 2 is 0.512 bits per heavy atom. The molecule has 15 rings (SSSR count). The smallest absolute Gasteiger partial charge is 0.160 e. The van der Waals surface area contributed by atoms with Gasteiger partial charge in [-0.1, -0.05) is 237 Å². The molecular weight excluding hydrogens is 969 g/mol. The molecule has 0 saturated carbocycles. The highest BCUT2D eigenvalue weighted by Crippen LogP contribution is 2.45. The van der Waals surface area contributed by atoms with Gasteiger partial charge in [0.1, 0.15) is 0 Å². The van der Waals surface area contributed by atoms with Crippen LogP contribution in [0.4, 0.5) is 0 Å². The molecule has 0 atom stereocenters. The van der Waals surface area contributed by atoms with Crippen molar-refractivity contribution in [3.63, 3.8) is 0 Å². The Labute approximate surface area is 464 Å². The fourth-order valence-corrected chi connectivity index (χ4v) is 11.9. The molecule has 0 amide bonds. The van der Waals surface area contributed by atoms with Crippen molar-refractivity contribution in [2.75, 3.05) is 0 Å². The van der Waals surface area contributed by atoms with Crippen LogP contribution in [0, 0.1) is 0 Å². The van der Waals surface area contributed by atoms with Gasteiger partial charge in [-0.25, -0.2) is 9.97 Å². The normalized spacial score (nSPS) is 11.5. The van der Waals surface area contributed by atoms with Gasteiger partial charge in [0.2, 0.25) is 0 Å². The van der Waals surface area contributed by atoms with Crippen molar-refractivity contribution < 1.29 is 0 Å². The van der Waals surface area contributed by atoms with Gasteiger partial charge in [0.15, 0.2) is 5.82 Å². The first-order valence-electron chi connectivity index (χ1n) is 27.3. The minimum atomic E-state index is 0.675. The molecule has 0 radical (unpaired) electrons. The van der Waals surface area contributed by atoms with Crippen LogP contribution in [-0.4, -0.2) is 19.1 Å². The lowest BCUT2D eigenvalue weighted by molar-refractivity contribution is 1.15. The van der Waals surface area contributed by atoms with Gasteiger partial charge >= 0.3 is 0 Å². The minimum absolute atomic E-state index is 0.675. The van der Waals surface area contributed by atoms with Gasteiger partial charge < -0.3 is 9.13 Å². The molecule has 0 bridgehead atoms. The molecule has 0 spiro atoms. The van der Waals surface area contributed by atoms with Gasteiger partial charge in [0.05, 0.1) is 44.8 Å². The zero-order valence-corrected chi connectivity index (χ0v) is 43.7. The fraction of sp³-hybridized carbons (Fsp3) is 0. The van der Waals surface area contributed by atoms with Crippen molar-refractivity contribution in [1.82, 2.24) is 19.1 Å². The van der Waals surface area contributed by atoms with Crippen molar-refractivity contribution in [2.45, 2.75) is 0 Å². The Kier molecular flexibility index (Phi) is 11.5. The fourth-order valence-electron chi connectivity index (χ4n) is 11.9. The lowest BCUT2D eigenvalue weighted by Gasteiger charge is -2.20. The van der Waals surface area contributed by atoms with Crippen LogP contribution in [0.3, 0.4) is 0 Å². The van der Waals surface area contributed by atoms with E-state index in [9.17, 15) is 0 Å². The standard InChI is InChI=1S/C76H50N4/c1-7-21-51(22-8-1)57-36-41-71-64(45-57)65-46-58(52-23-9-2-10-24-52)37-42-72(65)79(71)70-34-20-19-33-62(70)63-40-35-61(69-50-68(55-29-15-5-16-30-55)77-76(78-69)56-31-17-6-18-32-56)49-75(63)80-73-43-38-59(53-25-11-3-12-26-53)47-66(73)67-48-60(39-44-74(67)80)54-27-13-4-14-28-54/h1-50H. The zero-order chi connectivity index (χ0) is 52.9. The Morgan fingerprint density at radius 1 is 0.200 bits per heavy atom.